The fraction of sp³-hybridized carbons (Fsp3) is 0.292. The fourth-order valence-electron chi connectivity index (χ4n) is 3.96. The fourth-order valence-corrected chi connectivity index (χ4v) is 5.79. The maximum atomic E-state index is 12.0. The second-order valence-electron chi connectivity index (χ2n) is 7.99. The highest BCUT2D eigenvalue weighted by Crippen LogP contribution is 2.41. The van der Waals surface area contributed by atoms with E-state index in [1.165, 1.54) is 0 Å². The van der Waals surface area contributed by atoms with Crippen LogP contribution in [0.15, 0.2) is 42.6 Å². The van der Waals surface area contributed by atoms with E-state index >= 15 is 0 Å². The van der Waals surface area contributed by atoms with Crippen molar-refractivity contribution in [3.05, 3.63) is 59.3 Å². The summed E-state index contributed by atoms with van der Waals surface area (Å²) in [6.07, 6.45) is 3.38. The lowest BCUT2D eigenvalue weighted by Crippen LogP contribution is -2.32. The van der Waals surface area contributed by atoms with Gasteiger partial charge in [0.2, 0.25) is 5.75 Å². The first-order valence-electron chi connectivity index (χ1n) is 10.5. The molecule has 170 valence electrons. The van der Waals surface area contributed by atoms with Gasteiger partial charge in [-0.1, -0.05) is 18.2 Å². The van der Waals surface area contributed by atoms with Crippen molar-refractivity contribution in [2.45, 2.75) is 38.8 Å². The minimum atomic E-state index is -1.62. The van der Waals surface area contributed by atoms with Gasteiger partial charge in [-0.3, -0.25) is 0 Å². The normalized spacial score (nSPS) is 15.8. The van der Waals surface area contributed by atoms with Crippen LogP contribution in [0.1, 0.15) is 43.0 Å². The number of thiazole rings is 1. The minimum Gasteiger partial charge on any atom is -0.598 e. The van der Waals surface area contributed by atoms with Crippen LogP contribution in [0, 0.1) is 11.3 Å². The molecule has 33 heavy (non-hydrogen) atoms. The zero-order chi connectivity index (χ0) is 23.5. The summed E-state index contributed by atoms with van der Waals surface area (Å²) in [6, 6.07) is 13.6. The average molecular weight is 482 g/mol. The predicted octanol–water partition coefficient (Wildman–Crippen LogP) is 4.46. The van der Waals surface area contributed by atoms with E-state index in [1.54, 1.807) is 17.4 Å². The largest absolute Gasteiger partial charge is 0.598 e. The molecule has 3 aromatic rings. The molecule has 1 aromatic heterocycles. The van der Waals surface area contributed by atoms with Gasteiger partial charge in [0.15, 0.2) is 0 Å². The van der Waals surface area contributed by atoms with Gasteiger partial charge in [0.05, 0.1) is 33.9 Å². The molecule has 9 heteroatoms. The van der Waals surface area contributed by atoms with Crippen LogP contribution in [-0.2, 0) is 22.6 Å². The summed E-state index contributed by atoms with van der Waals surface area (Å²) < 4.78 is 20.7. The van der Waals surface area contributed by atoms with Gasteiger partial charge in [-0.2, -0.15) is 5.26 Å². The van der Waals surface area contributed by atoms with Crippen LogP contribution in [-0.4, -0.2) is 32.5 Å². The molecule has 7 nitrogen and oxygen atoms in total. The summed E-state index contributed by atoms with van der Waals surface area (Å²) >= 11 is -0.0761. The van der Waals surface area contributed by atoms with Gasteiger partial charge >= 0.3 is 5.97 Å². The van der Waals surface area contributed by atoms with Crippen LogP contribution in [0.3, 0.4) is 0 Å². The molecular formula is C24H23N3O4S2. The Morgan fingerprint density at radius 2 is 2.24 bits per heavy atom. The number of hydrogen-bond acceptors (Lipinski definition) is 7. The van der Waals surface area contributed by atoms with Crippen molar-refractivity contribution >= 4 is 28.7 Å². The third kappa shape index (κ3) is 5.20. The van der Waals surface area contributed by atoms with Gasteiger partial charge in [0, 0.05) is 11.8 Å². The third-order valence-corrected chi connectivity index (χ3v) is 7.42. The Balaban J connectivity index is 1.59. The molecule has 2 aromatic carbocycles. The van der Waals surface area contributed by atoms with Crippen LogP contribution >= 0.6 is 11.3 Å². The van der Waals surface area contributed by atoms with Gasteiger partial charge in [-0.15, -0.1) is 16.1 Å². The van der Waals surface area contributed by atoms with Crippen LogP contribution in [0.4, 0.5) is 0 Å². The average Bonchev–Trinajstić information content (AvgIpc) is 3.41. The quantitative estimate of drug-likeness (QED) is 0.456. The summed E-state index contributed by atoms with van der Waals surface area (Å²) in [5, 5.41) is 19.2. The summed E-state index contributed by atoms with van der Waals surface area (Å²) in [5.74, 6) is -0.948. The number of carboxylic acids is 1. The molecule has 0 spiro atoms. The Morgan fingerprint density at radius 1 is 1.42 bits per heavy atom. The van der Waals surface area contributed by atoms with Crippen molar-refractivity contribution in [2.75, 3.05) is 5.75 Å². The first-order valence-corrected chi connectivity index (χ1v) is 12.6. The molecule has 0 aliphatic heterocycles. The second kappa shape index (κ2) is 9.93. The lowest BCUT2D eigenvalue weighted by atomic mass is 10.0. The number of benzene rings is 2. The van der Waals surface area contributed by atoms with Crippen LogP contribution < -0.4 is 9.46 Å². The Kier molecular flexibility index (Phi) is 7.00. The summed E-state index contributed by atoms with van der Waals surface area (Å²) in [5.41, 5.74) is 4.61. The van der Waals surface area contributed by atoms with E-state index in [2.05, 4.69) is 15.8 Å². The van der Waals surface area contributed by atoms with Crippen molar-refractivity contribution < 1.29 is 19.2 Å². The molecule has 0 saturated heterocycles. The van der Waals surface area contributed by atoms with Crippen molar-refractivity contribution in [1.82, 2.24) is 9.71 Å². The number of fused-ring (bicyclic) bond motifs is 1. The third-order valence-electron chi connectivity index (χ3n) is 5.28. The van der Waals surface area contributed by atoms with Gasteiger partial charge in [0.1, 0.15) is 16.8 Å². The van der Waals surface area contributed by atoms with E-state index in [0.29, 0.717) is 11.3 Å². The number of aromatic nitrogens is 1. The maximum Gasteiger partial charge on any atom is 0.355 e. The highest BCUT2D eigenvalue weighted by atomic mass is 32.2. The molecule has 4 rings (SSSR count). The van der Waals surface area contributed by atoms with Gasteiger partial charge in [-0.25, -0.2) is 9.78 Å². The van der Waals surface area contributed by atoms with E-state index < -0.39 is 23.1 Å². The number of carboxylic acid groups (broad SMARTS) is 1. The number of rotatable bonds is 8. The molecule has 2 unspecified atom stereocenters. The zero-order valence-corrected chi connectivity index (χ0v) is 19.8. The Hall–Kier alpha value is -2.90. The number of aliphatic carboxylic acids is 1. The Bertz CT molecular complexity index is 1220. The number of nitriles is 1. The standard InChI is InChI=1S/C24H23N3O4S2/c1-14(2)31-21-9-6-15(10-16(21)11-25)24-26-12-22(32-24)19-5-3-4-18-17(19)7-8-20(18)27-33(30)13-23(28)29/h3-6,9-10,12,14,20,27H,7-8,13H2,1-2H3,(H,28,29). The smallest absolute Gasteiger partial charge is 0.355 e. The molecule has 0 amide bonds. The van der Waals surface area contributed by atoms with E-state index in [9.17, 15) is 14.6 Å². The van der Waals surface area contributed by atoms with E-state index in [0.717, 1.165) is 45.0 Å². The SMILES string of the molecule is CC(C)Oc1ccc(-c2ncc(-c3cccc4c3CCC4N[S+]([O-])CC(=O)O)s2)cc1C#N. The van der Waals surface area contributed by atoms with Gasteiger partial charge in [0.25, 0.3) is 0 Å². The van der Waals surface area contributed by atoms with Crippen LogP contribution in [0.5, 0.6) is 5.75 Å². The molecule has 0 fully saturated rings. The molecule has 0 bridgehead atoms. The first kappa shape index (κ1) is 23.3. The highest BCUT2D eigenvalue weighted by molar-refractivity contribution is 7.90. The number of carbonyl (C=O) groups is 1. The molecule has 1 heterocycles. The van der Waals surface area contributed by atoms with Crippen molar-refractivity contribution in [3.63, 3.8) is 0 Å². The second-order valence-corrected chi connectivity index (χ2v) is 10.2. The molecular weight excluding hydrogens is 458 g/mol. The van der Waals surface area contributed by atoms with Crippen molar-refractivity contribution in [2.24, 2.45) is 0 Å². The van der Waals surface area contributed by atoms with Gasteiger partial charge in [-0.05, 0) is 61.6 Å². The van der Waals surface area contributed by atoms with Crippen LogP contribution in [0.25, 0.3) is 21.0 Å². The zero-order valence-electron chi connectivity index (χ0n) is 18.2. The van der Waals surface area contributed by atoms with E-state index in [-0.39, 0.29) is 12.1 Å². The first-order chi connectivity index (χ1) is 15.9. The monoisotopic (exact) mass is 481 g/mol. The highest BCUT2D eigenvalue weighted by Gasteiger charge is 2.29. The molecule has 1 aliphatic rings. The topological polar surface area (TPSA) is 118 Å². The van der Waals surface area contributed by atoms with Crippen LogP contribution in [0.2, 0.25) is 0 Å². The maximum absolute atomic E-state index is 12.0. The Morgan fingerprint density at radius 3 is 2.97 bits per heavy atom. The summed E-state index contributed by atoms with van der Waals surface area (Å²) in [7, 11) is 0. The number of nitrogens with zero attached hydrogens (tertiary/aromatic N) is 2. The van der Waals surface area contributed by atoms with Gasteiger partial charge < -0.3 is 14.4 Å². The van der Waals surface area contributed by atoms with E-state index in [4.69, 9.17) is 9.84 Å². The van der Waals surface area contributed by atoms with Crippen molar-refractivity contribution in [3.8, 4) is 32.8 Å². The summed E-state index contributed by atoms with van der Waals surface area (Å²) in [6.45, 7) is 3.84. The lowest BCUT2D eigenvalue weighted by Gasteiger charge is -2.16. The van der Waals surface area contributed by atoms with Crippen molar-refractivity contribution in [1.29, 1.82) is 5.26 Å². The molecule has 0 saturated carbocycles. The lowest BCUT2D eigenvalue weighted by molar-refractivity contribution is -0.134. The molecule has 2 N–H and O–H groups in total. The van der Waals surface area contributed by atoms with E-state index in [1.807, 2.05) is 50.4 Å². The number of hydrogen-bond donors (Lipinski definition) is 2. The summed E-state index contributed by atoms with van der Waals surface area (Å²) in [4.78, 5) is 16.4. The Labute approximate surface area is 199 Å². The minimum absolute atomic E-state index is 0.0190. The number of ether oxygens (including phenoxy) is 1. The molecule has 1 aliphatic carbocycles. The number of nitrogens with one attached hydrogen (secondary N) is 1. The molecule has 2 atom stereocenters. The molecule has 0 radical (unpaired) electrons. The predicted molar refractivity (Wildman–Crippen MR) is 128 cm³/mol.